The van der Waals surface area contributed by atoms with Crippen LogP contribution in [0, 0.1) is 0 Å². The van der Waals surface area contributed by atoms with Gasteiger partial charge in [0.05, 0.1) is 0 Å². The van der Waals surface area contributed by atoms with Gasteiger partial charge >= 0.3 is 0 Å². The number of hydrogen-bond donors (Lipinski definition) is 1. The molecule has 2 aromatic rings. The molecule has 1 N–H and O–H groups in total. The second-order valence-corrected chi connectivity index (χ2v) is 6.22. The number of halogens is 1. The van der Waals surface area contributed by atoms with Gasteiger partial charge in [0.15, 0.2) is 0 Å². The Kier molecular flexibility index (Phi) is 6.10. The number of amides is 1. The lowest BCUT2D eigenvalue weighted by atomic mass is 10.1. The normalized spacial score (nSPS) is 11.3. The number of rotatable bonds is 6. The molecule has 0 atom stereocenters. The lowest BCUT2D eigenvalue weighted by Gasteiger charge is -2.05. The van der Waals surface area contributed by atoms with E-state index < -0.39 is 0 Å². The minimum atomic E-state index is -0.243. The Morgan fingerprint density at radius 2 is 2.05 bits per heavy atom. The summed E-state index contributed by atoms with van der Waals surface area (Å²) in [6, 6.07) is 7.35. The van der Waals surface area contributed by atoms with Crippen molar-refractivity contribution < 1.29 is 4.79 Å². The van der Waals surface area contributed by atoms with Gasteiger partial charge in [-0.15, -0.1) is 10.2 Å². The molecule has 0 spiro atoms. The van der Waals surface area contributed by atoms with Crippen molar-refractivity contribution in [3.8, 4) is 0 Å². The van der Waals surface area contributed by atoms with Crippen LogP contribution in [0.15, 0.2) is 30.3 Å². The summed E-state index contributed by atoms with van der Waals surface area (Å²) in [6.07, 6.45) is 5.16. The first-order valence-corrected chi connectivity index (χ1v) is 8.40. The highest BCUT2D eigenvalue weighted by Gasteiger charge is 2.13. The van der Waals surface area contributed by atoms with E-state index in [1.807, 2.05) is 18.2 Å². The van der Waals surface area contributed by atoms with Crippen LogP contribution in [-0.2, 0) is 4.79 Å². The average molecular weight is 336 g/mol. The molecule has 2 rings (SSSR count). The molecule has 0 aliphatic rings. The van der Waals surface area contributed by atoms with Crippen molar-refractivity contribution in [3.63, 3.8) is 0 Å². The van der Waals surface area contributed by atoms with Crippen LogP contribution in [0.1, 0.15) is 43.2 Å². The van der Waals surface area contributed by atoms with E-state index in [0.717, 1.165) is 23.4 Å². The predicted octanol–water partition coefficient (Wildman–Crippen LogP) is 4.75. The quantitative estimate of drug-likeness (QED) is 0.775. The van der Waals surface area contributed by atoms with E-state index in [-0.39, 0.29) is 5.91 Å². The predicted molar refractivity (Wildman–Crippen MR) is 92.3 cm³/mol. The summed E-state index contributed by atoms with van der Waals surface area (Å²) in [6.45, 7) is 4.25. The molecule has 0 unspecified atom stereocenters. The number of benzene rings is 1. The summed E-state index contributed by atoms with van der Waals surface area (Å²) in [5.41, 5.74) is 0.800. The maximum atomic E-state index is 11.9. The Labute approximate surface area is 139 Å². The Morgan fingerprint density at radius 1 is 1.32 bits per heavy atom. The van der Waals surface area contributed by atoms with Crippen molar-refractivity contribution in [2.75, 3.05) is 5.32 Å². The molecule has 0 fully saturated rings. The van der Waals surface area contributed by atoms with Gasteiger partial charge in [-0.1, -0.05) is 55.0 Å². The molecule has 0 saturated heterocycles. The summed E-state index contributed by atoms with van der Waals surface area (Å²) >= 11 is 7.46. The first-order chi connectivity index (χ1) is 10.6. The van der Waals surface area contributed by atoms with Crippen molar-refractivity contribution in [1.82, 2.24) is 10.2 Å². The van der Waals surface area contributed by atoms with E-state index in [4.69, 9.17) is 11.6 Å². The molecule has 0 bridgehead atoms. The van der Waals surface area contributed by atoms with Crippen LogP contribution in [0.5, 0.6) is 0 Å². The van der Waals surface area contributed by atoms with Crippen LogP contribution in [0.4, 0.5) is 5.13 Å². The lowest BCUT2D eigenvalue weighted by molar-refractivity contribution is -0.111. The molecular formula is C16H18ClN3OS. The molecule has 1 aromatic carbocycles. The van der Waals surface area contributed by atoms with Gasteiger partial charge in [0, 0.05) is 17.0 Å². The Hall–Kier alpha value is -1.72. The third kappa shape index (κ3) is 4.39. The molecule has 1 aromatic heterocycles. The maximum Gasteiger partial charge on any atom is 0.250 e. The molecule has 116 valence electrons. The molecule has 4 nitrogen and oxygen atoms in total. The van der Waals surface area contributed by atoms with E-state index in [1.165, 1.54) is 17.4 Å². The van der Waals surface area contributed by atoms with Crippen LogP contribution in [0.25, 0.3) is 6.08 Å². The van der Waals surface area contributed by atoms with Gasteiger partial charge in [0.1, 0.15) is 5.01 Å². The van der Waals surface area contributed by atoms with E-state index in [1.54, 1.807) is 12.1 Å². The number of aromatic nitrogens is 2. The topological polar surface area (TPSA) is 54.9 Å². The van der Waals surface area contributed by atoms with Crippen LogP contribution < -0.4 is 5.32 Å². The zero-order valence-electron chi connectivity index (χ0n) is 12.5. The van der Waals surface area contributed by atoms with Gasteiger partial charge in [-0.25, -0.2) is 0 Å². The number of nitrogens with zero attached hydrogens (tertiary/aromatic N) is 2. The molecule has 6 heteroatoms. The molecule has 0 saturated carbocycles. The number of carbonyl (C=O) groups excluding carboxylic acids is 1. The molecule has 0 radical (unpaired) electrons. The van der Waals surface area contributed by atoms with Gasteiger partial charge in [0.2, 0.25) is 11.0 Å². The largest absolute Gasteiger partial charge is 0.297 e. The summed E-state index contributed by atoms with van der Waals surface area (Å²) in [5, 5.41) is 13.0. The highest BCUT2D eigenvalue weighted by Crippen LogP contribution is 2.28. The number of carbonyl (C=O) groups is 1. The fourth-order valence-corrected chi connectivity index (χ4v) is 3.22. The number of nitrogens with one attached hydrogen (secondary N) is 1. The Balaban J connectivity index is 1.99. The Bertz CT molecular complexity index is 665. The van der Waals surface area contributed by atoms with Gasteiger partial charge in [-0.2, -0.15) is 0 Å². The van der Waals surface area contributed by atoms with E-state index in [0.29, 0.717) is 16.1 Å². The van der Waals surface area contributed by atoms with Gasteiger partial charge in [-0.05, 0) is 30.5 Å². The smallest absolute Gasteiger partial charge is 0.250 e. The zero-order chi connectivity index (χ0) is 15.9. The SMILES string of the molecule is CCC(CC)c1nnc(NC(=O)C=Cc2ccccc2Cl)s1. The van der Waals surface area contributed by atoms with Gasteiger partial charge < -0.3 is 0 Å². The summed E-state index contributed by atoms with van der Waals surface area (Å²) in [7, 11) is 0. The second kappa shape index (κ2) is 8.06. The highest BCUT2D eigenvalue weighted by atomic mass is 35.5. The molecule has 1 amide bonds. The lowest BCUT2D eigenvalue weighted by Crippen LogP contribution is -2.07. The standard InChI is InChI=1S/C16H18ClN3OS/c1-3-11(4-2)15-19-20-16(22-15)18-14(21)10-9-12-7-5-6-8-13(12)17/h5-11H,3-4H2,1-2H3,(H,18,20,21). The first-order valence-electron chi connectivity index (χ1n) is 7.21. The van der Waals surface area contributed by atoms with E-state index >= 15 is 0 Å². The van der Waals surface area contributed by atoms with Gasteiger partial charge in [-0.3, -0.25) is 10.1 Å². The van der Waals surface area contributed by atoms with Crippen molar-refractivity contribution in [1.29, 1.82) is 0 Å². The second-order valence-electron chi connectivity index (χ2n) is 4.80. The molecule has 0 aliphatic heterocycles. The first kappa shape index (κ1) is 16.6. The van der Waals surface area contributed by atoms with Crippen LogP contribution >= 0.6 is 22.9 Å². The molecule has 0 aliphatic carbocycles. The highest BCUT2D eigenvalue weighted by molar-refractivity contribution is 7.15. The minimum Gasteiger partial charge on any atom is -0.297 e. The third-order valence-corrected chi connectivity index (χ3v) is 4.67. The van der Waals surface area contributed by atoms with Crippen molar-refractivity contribution >= 4 is 40.1 Å². The number of anilines is 1. The molecule has 1 heterocycles. The summed E-state index contributed by atoms with van der Waals surface area (Å²) in [5.74, 6) is 0.161. The monoisotopic (exact) mass is 335 g/mol. The van der Waals surface area contributed by atoms with Crippen LogP contribution in [0.2, 0.25) is 5.02 Å². The minimum absolute atomic E-state index is 0.243. The Morgan fingerprint density at radius 3 is 2.73 bits per heavy atom. The van der Waals surface area contributed by atoms with Crippen molar-refractivity contribution in [3.05, 3.63) is 45.9 Å². The van der Waals surface area contributed by atoms with Gasteiger partial charge in [0.25, 0.3) is 0 Å². The average Bonchev–Trinajstić information content (AvgIpc) is 2.96. The molecule has 22 heavy (non-hydrogen) atoms. The molecular weight excluding hydrogens is 318 g/mol. The van der Waals surface area contributed by atoms with Crippen molar-refractivity contribution in [2.24, 2.45) is 0 Å². The van der Waals surface area contributed by atoms with Crippen LogP contribution in [0.3, 0.4) is 0 Å². The van der Waals surface area contributed by atoms with E-state index in [9.17, 15) is 4.79 Å². The number of hydrogen-bond acceptors (Lipinski definition) is 4. The fourth-order valence-electron chi connectivity index (χ4n) is 2.01. The third-order valence-electron chi connectivity index (χ3n) is 3.33. The van der Waals surface area contributed by atoms with Crippen LogP contribution in [-0.4, -0.2) is 16.1 Å². The van der Waals surface area contributed by atoms with E-state index in [2.05, 4.69) is 29.4 Å². The summed E-state index contributed by atoms with van der Waals surface area (Å²) < 4.78 is 0. The van der Waals surface area contributed by atoms with Crippen molar-refractivity contribution in [2.45, 2.75) is 32.6 Å². The fraction of sp³-hybridized carbons (Fsp3) is 0.312. The zero-order valence-corrected chi connectivity index (χ0v) is 14.1. The summed E-state index contributed by atoms with van der Waals surface area (Å²) in [4.78, 5) is 11.9. The maximum absolute atomic E-state index is 11.9.